The van der Waals surface area contributed by atoms with Crippen molar-refractivity contribution in [3.05, 3.63) is 23.9 Å². The number of carbonyl (C=O) groups excluding carboxylic acids is 1. The van der Waals surface area contributed by atoms with Gasteiger partial charge in [-0.1, -0.05) is 32.8 Å². The molecule has 0 atom stereocenters. The Kier molecular flexibility index (Phi) is 13.1. The van der Waals surface area contributed by atoms with Gasteiger partial charge in [-0.15, -0.1) is 24.0 Å². The number of pyridine rings is 1. The van der Waals surface area contributed by atoms with Crippen molar-refractivity contribution in [3.8, 4) is 0 Å². The summed E-state index contributed by atoms with van der Waals surface area (Å²) in [5, 5.41) is 9.23. The fourth-order valence-corrected chi connectivity index (χ4v) is 2.22. The molecule has 0 aromatic carbocycles. The third-order valence-electron chi connectivity index (χ3n) is 3.81. The summed E-state index contributed by atoms with van der Waals surface area (Å²) in [4.78, 5) is 20.8. The van der Waals surface area contributed by atoms with Gasteiger partial charge >= 0.3 is 0 Å². The Hall–Kier alpha value is -1.38. The maximum Gasteiger partial charge on any atom is 0.227 e. The Morgan fingerprint density at radius 3 is 2.52 bits per heavy atom. The van der Waals surface area contributed by atoms with Gasteiger partial charge in [0.1, 0.15) is 5.82 Å². The molecule has 1 aromatic rings. The number of guanidine groups is 1. The Morgan fingerprint density at radius 2 is 1.92 bits per heavy atom. The third kappa shape index (κ3) is 10.3. The van der Waals surface area contributed by atoms with Crippen molar-refractivity contribution in [3.63, 3.8) is 0 Å². The summed E-state index contributed by atoms with van der Waals surface area (Å²) in [5.74, 6) is 1.91. The van der Waals surface area contributed by atoms with E-state index in [0.717, 1.165) is 37.6 Å². The SMILES string of the molecule is CCNC(=NCC(CC)CC)NCCC(=O)Nc1cccc(C)n1.I. The van der Waals surface area contributed by atoms with Gasteiger partial charge in [0.2, 0.25) is 5.91 Å². The van der Waals surface area contributed by atoms with Crippen LogP contribution < -0.4 is 16.0 Å². The van der Waals surface area contributed by atoms with Crippen LogP contribution in [0.3, 0.4) is 0 Å². The second-order valence-corrected chi connectivity index (χ2v) is 5.79. The van der Waals surface area contributed by atoms with Crippen LogP contribution in [0.15, 0.2) is 23.2 Å². The first-order valence-corrected chi connectivity index (χ1v) is 8.84. The van der Waals surface area contributed by atoms with Crippen molar-refractivity contribution in [1.29, 1.82) is 0 Å². The zero-order valence-electron chi connectivity index (χ0n) is 15.8. The van der Waals surface area contributed by atoms with E-state index in [0.29, 0.717) is 24.7 Å². The summed E-state index contributed by atoms with van der Waals surface area (Å²) in [6.45, 7) is 10.4. The van der Waals surface area contributed by atoms with E-state index in [1.54, 1.807) is 6.07 Å². The summed E-state index contributed by atoms with van der Waals surface area (Å²) in [6, 6.07) is 5.57. The predicted octanol–water partition coefficient (Wildman–Crippen LogP) is 3.33. The van der Waals surface area contributed by atoms with E-state index >= 15 is 0 Å². The van der Waals surface area contributed by atoms with Crippen molar-refractivity contribution in [2.45, 2.75) is 47.0 Å². The largest absolute Gasteiger partial charge is 0.357 e. The smallest absolute Gasteiger partial charge is 0.227 e. The number of hydrogen-bond donors (Lipinski definition) is 3. The molecule has 1 rings (SSSR count). The first-order chi connectivity index (χ1) is 11.6. The number of nitrogens with zero attached hydrogens (tertiary/aromatic N) is 2. The number of halogens is 1. The van der Waals surface area contributed by atoms with Crippen LogP contribution in [0.2, 0.25) is 0 Å². The number of aliphatic imine (C=N–C) groups is 1. The molecule has 1 heterocycles. The van der Waals surface area contributed by atoms with Crippen molar-refractivity contribution < 1.29 is 4.79 Å². The molecule has 1 aromatic heterocycles. The highest BCUT2D eigenvalue weighted by Crippen LogP contribution is 2.07. The lowest BCUT2D eigenvalue weighted by Gasteiger charge is -2.14. The molecule has 25 heavy (non-hydrogen) atoms. The fraction of sp³-hybridized carbons (Fsp3) is 0.611. The van der Waals surface area contributed by atoms with E-state index in [9.17, 15) is 4.79 Å². The number of rotatable bonds is 9. The van der Waals surface area contributed by atoms with Crippen LogP contribution in [0, 0.1) is 12.8 Å². The summed E-state index contributed by atoms with van der Waals surface area (Å²) in [6.07, 6.45) is 2.63. The minimum Gasteiger partial charge on any atom is -0.357 e. The molecule has 3 N–H and O–H groups in total. The van der Waals surface area contributed by atoms with Gasteiger partial charge in [0.25, 0.3) is 0 Å². The second kappa shape index (κ2) is 13.9. The maximum absolute atomic E-state index is 12.0. The van der Waals surface area contributed by atoms with Gasteiger partial charge in [-0.05, 0) is 31.9 Å². The van der Waals surface area contributed by atoms with E-state index in [1.165, 1.54) is 0 Å². The number of nitrogens with one attached hydrogen (secondary N) is 3. The van der Waals surface area contributed by atoms with Crippen LogP contribution in [-0.2, 0) is 4.79 Å². The van der Waals surface area contributed by atoms with E-state index in [4.69, 9.17) is 0 Å². The summed E-state index contributed by atoms with van der Waals surface area (Å²) in [7, 11) is 0. The molecule has 0 aliphatic heterocycles. The molecule has 0 aliphatic rings. The summed E-state index contributed by atoms with van der Waals surface area (Å²) < 4.78 is 0. The van der Waals surface area contributed by atoms with Gasteiger partial charge in [0, 0.05) is 31.7 Å². The summed E-state index contributed by atoms with van der Waals surface area (Å²) in [5.41, 5.74) is 0.883. The van der Waals surface area contributed by atoms with Gasteiger partial charge in [0.15, 0.2) is 5.96 Å². The van der Waals surface area contributed by atoms with Crippen LogP contribution in [0.4, 0.5) is 5.82 Å². The van der Waals surface area contributed by atoms with E-state index in [2.05, 4.69) is 39.8 Å². The van der Waals surface area contributed by atoms with Crippen molar-refractivity contribution in [2.75, 3.05) is 25.0 Å². The van der Waals surface area contributed by atoms with Gasteiger partial charge in [-0.3, -0.25) is 9.79 Å². The number of amides is 1. The molecule has 1 amide bonds. The number of carbonyl (C=O) groups is 1. The zero-order valence-corrected chi connectivity index (χ0v) is 18.1. The van der Waals surface area contributed by atoms with Crippen molar-refractivity contribution >= 4 is 41.7 Å². The molecule has 0 saturated heterocycles. The molecule has 0 bridgehead atoms. The Labute approximate surface area is 168 Å². The molecule has 6 nitrogen and oxygen atoms in total. The Morgan fingerprint density at radius 1 is 1.20 bits per heavy atom. The Balaban J connectivity index is 0.00000576. The second-order valence-electron chi connectivity index (χ2n) is 5.79. The number of aryl methyl sites for hydroxylation is 1. The van der Waals surface area contributed by atoms with Crippen molar-refractivity contribution in [1.82, 2.24) is 15.6 Å². The van der Waals surface area contributed by atoms with Gasteiger partial charge in [-0.2, -0.15) is 0 Å². The highest BCUT2D eigenvalue weighted by Gasteiger charge is 2.06. The van der Waals surface area contributed by atoms with E-state index in [1.807, 2.05) is 26.0 Å². The number of aromatic nitrogens is 1. The molecule has 0 radical (unpaired) electrons. The molecule has 0 aliphatic carbocycles. The van der Waals surface area contributed by atoms with E-state index < -0.39 is 0 Å². The van der Waals surface area contributed by atoms with Gasteiger partial charge in [0.05, 0.1) is 0 Å². The zero-order chi connectivity index (χ0) is 17.8. The minimum absolute atomic E-state index is 0. The van der Waals surface area contributed by atoms with Crippen molar-refractivity contribution in [2.24, 2.45) is 10.9 Å². The molecule has 142 valence electrons. The predicted molar refractivity (Wildman–Crippen MR) is 116 cm³/mol. The number of anilines is 1. The highest BCUT2D eigenvalue weighted by atomic mass is 127. The lowest BCUT2D eigenvalue weighted by molar-refractivity contribution is -0.116. The molecule has 0 spiro atoms. The minimum atomic E-state index is -0.0589. The average molecular weight is 461 g/mol. The van der Waals surface area contributed by atoms with Crippen LogP contribution >= 0.6 is 24.0 Å². The fourth-order valence-electron chi connectivity index (χ4n) is 2.22. The van der Waals surface area contributed by atoms with Crippen LogP contribution in [0.1, 0.15) is 45.7 Å². The molecular weight excluding hydrogens is 429 g/mol. The number of hydrogen-bond acceptors (Lipinski definition) is 3. The third-order valence-corrected chi connectivity index (χ3v) is 3.81. The molecule has 0 fully saturated rings. The first-order valence-electron chi connectivity index (χ1n) is 8.84. The lowest BCUT2D eigenvalue weighted by atomic mass is 10.0. The topological polar surface area (TPSA) is 78.4 Å². The quantitative estimate of drug-likeness (QED) is 0.300. The van der Waals surface area contributed by atoms with Crippen LogP contribution in [-0.4, -0.2) is 36.5 Å². The normalized spacial score (nSPS) is 11.0. The van der Waals surface area contributed by atoms with Crippen LogP contribution in [0.5, 0.6) is 0 Å². The van der Waals surface area contributed by atoms with E-state index in [-0.39, 0.29) is 29.9 Å². The first kappa shape index (κ1) is 23.6. The molecular formula is C18H32IN5O. The lowest BCUT2D eigenvalue weighted by Crippen LogP contribution is -2.39. The van der Waals surface area contributed by atoms with Gasteiger partial charge in [-0.25, -0.2) is 4.98 Å². The molecule has 0 saturated carbocycles. The summed E-state index contributed by atoms with van der Waals surface area (Å²) >= 11 is 0. The molecule has 0 unspecified atom stereocenters. The monoisotopic (exact) mass is 461 g/mol. The Bertz CT molecular complexity index is 532. The maximum atomic E-state index is 12.0. The highest BCUT2D eigenvalue weighted by molar-refractivity contribution is 14.0. The van der Waals surface area contributed by atoms with Crippen LogP contribution in [0.25, 0.3) is 0 Å². The molecule has 7 heteroatoms. The van der Waals surface area contributed by atoms with Gasteiger partial charge < -0.3 is 16.0 Å². The standard InChI is InChI=1S/C18H31N5O.HI/c1-5-15(6-2)13-21-18(19-7-3)20-12-11-17(24)23-16-10-8-9-14(4)22-16;/h8-10,15H,5-7,11-13H2,1-4H3,(H2,19,20,21)(H,22,23,24);1H. The average Bonchev–Trinajstić information content (AvgIpc) is 2.55.